The van der Waals surface area contributed by atoms with Crippen LogP contribution in [0.5, 0.6) is 0 Å². The first kappa shape index (κ1) is 11.5. The second kappa shape index (κ2) is 4.30. The molecular weight excluding hydrogens is 178 g/mol. The van der Waals surface area contributed by atoms with Crippen LogP contribution in [0.3, 0.4) is 0 Å². The van der Waals surface area contributed by atoms with E-state index < -0.39 is 11.4 Å². The molecular formula is C11H21NO2. The van der Waals surface area contributed by atoms with Crippen LogP contribution >= 0.6 is 0 Å². The molecule has 0 aromatic carbocycles. The van der Waals surface area contributed by atoms with Gasteiger partial charge in [0.15, 0.2) is 0 Å². The van der Waals surface area contributed by atoms with Crippen LogP contribution in [0.4, 0.5) is 0 Å². The molecule has 0 aromatic heterocycles. The van der Waals surface area contributed by atoms with Gasteiger partial charge in [-0.3, -0.25) is 4.79 Å². The number of aliphatic carboxylic acids is 1. The molecule has 1 aliphatic rings. The van der Waals surface area contributed by atoms with E-state index in [4.69, 9.17) is 10.8 Å². The molecule has 1 rings (SSSR count). The van der Waals surface area contributed by atoms with Gasteiger partial charge in [0.25, 0.3) is 0 Å². The van der Waals surface area contributed by atoms with Gasteiger partial charge in [0.2, 0.25) is 0 Å². The third-order valence-electron chi connectivity index (χ3n) is 3.77. The van der Waals surface area contributed by atoms with E-state index in [1.165, 1.54) is 0 Å². The van der Waals surface area contributed by atoms with Crippen molar-refractivity contribution >= 4 is 5.97 Å². The van der Waals surface area contributed by atoms with Crippen LogP contribution < -0.4 is 5.73 Å². The van der Waals surface area contributed by atoms with Crippen molar-refractivity contribution in [2.24, 2.45) is 23.0 Å². The van der Waals surface area contributed by atoms with Gasteiger partial charge in [-0.1, -0.05) is 13.8 Å². The topological polar surface area (TPSA) is 63.3 Å². The Bertz CT molecular complexity index is 205. The lowest BCUT2D eigenvalue weighted by atomic mass is 9.68. The highest BCUT2D eigenvalue weighted by Crippen LogP contribution is 2.40. The van der Waals surface area contributed by atoms with E-state index in [0.717, 1.165) is 25.7 Å². The summed E-state index contributed by atoms with van der Waals surface area (Å²) in [6.45, 7) is 4.70. The van der Waals surface area contributed by atoms with Crippen molar-refractivity contribution < 1.29 is 9.90 Å². The molecule has 1 saturated carbocycles. The summed E-state index contributed by atoms with van der Waals surface area (Å²) in [5.41, 5.74) is 4.96. The molecule has 0 saturated heterocycles. The number of hydrogen-bond acceptors (Lipinski definition) is 2. The molecule has 3 N–H and O–H groups in total. The Hall–Kier alpha value is -0.570. The van der Waals surface area contributed by atoms with Crippen molar-refractivity contribution in [2.75, 3.05) is 6.54 Å². The van der Waals surface area contributed by atoms with Gasteiger partial charge < -0.3 is 10.8 Å². The second-order valence-electron chi connectivity index (χ2n) is 4.87. The molecule has 0 amide bonds. The third-order valence-corrected chi connectivity index (χ3v) is 3.77. The smallest absolute Gasteiger partial charge is 0.310 e. The Balaban J connectivity index is 2.59. The van der Waals surface area contributed by atoms with E-state index in [9.17, 15) is 4.79 Å². The number of carboxylic acid groups (broad SMARTS) is 1. The molecule has 1 fully saturated rings. The lowest BCUT2D eigenvalue weighted by molar-refractivity contribution is -0.151. The molecule has 82 valence electrons. The lowest BCUT2D eigenvalue weighted by Crippen LogP contribution is -2.42. The van der Waals surface area contributed by atoms with E-state index in [1.54, 1.807) is 0 Å². The summed E-state index contributed by atoms with van der Waals surface area (Å²) < 4.78 is 0. The Kier molecular flexibility index (Phi) is 3.53. The summed E-state index contributed by atoms with van der Waals surface area (Å²) in [5, 5.41) is 9.13. The van der Waals surface area contributed by atoms with Gasteiger partial charge in [0.05, 0.1) is 5.41 Å². The van der Waals surface area contributed by atoms with Crippen molar-refractivity contribution in [3.05, 3.63) is 0 Å². The highest BCUT2D eigenvalue weighted by atomic mass is 16.4. The first-order chi connectivity index (χ1) is 6.52. The molecule has 0 bridgehead atoms. The van der Waals surface area contributed by atoms with E-state index in [2.05, 4.69) is 13.8 Å². The van der Waals surface area contributed by atoms with Crippen LogP contribution in [0.25, 0.3) is 0 Å². The standard InChI is InChI=1S/C11H21NO2/c1-8(2)9-3-5-11(7-12,6-4-9)10(13)14/h8-9H,3-7,12H2,1-2H3,(H,13,14). The molecule has 0 radical (unpaired) electrons. The minimum absolute atomic E-state index is 0.285. The van der Waals surface area contributed by atoms with E-state index in [0.29, 0.717) is 11.8 Å². The van der Waals surface area contributed by atoms with Gasteiger partial charge in [-0.15, -0.1) is 0 Å². The van der Waals surface area contributed by atoms with Crippen LogP contribution in [0.1, 0.15) is 39.5 Å². The van der Waals surface area contributed by atoms with Crippen molar-refractivity contribution in [2.45, 2.75) is 39.5 Å². The Morgan fingerprint density at radius 2 is 2.00 bits per heavy atom. The van der Waals surface area contributed by atoms with Crippen molar-refractivity contribution in [3.63, 3.8) is 0 Å². The summed E-state index contributed by atoms with van der Waals surface area (Å²) in [6, 6.07) is 0. The summed E-state index contributed by atoms with van der Waals surface area (Å²) in [4.78, 5) is 11.1. The monoisotopic (exact) mass is 199 g/mol. The number of carbonyl (C=O) groups is 1. The Morgan fingerprint density at radius 1 is 1.50 bits per heavy atom. The predicted octanol–water partition coefficient (Wildman–Crippen LogP) is 1.86. The molecule has 0 atom stereocenters. The molecule has 0 aromatic rings. The quantitative estimate of drug-likeness (QED) is 0.729. The molecule has 0 unspecified atom stereocenters. The summed E-state index contributed by atoms with van der Waals surface area (Å²) in [5.74, 6) is 0.649. The maximum absolute atomic E-state index is 11.1. The van der Waals surface area contributed by atoms with Gasteiger partial charge in [0, 0.05) is 6.54 Å². The van der Waals surface area contributed by atoms with Crippen molar-refractivity contribution in [1.29, 1.82) is 0 Å². The minimum atomic E-state index is -0.706. The van der Waals surface area contributed by atoms with Crippen LogP contribution in [0, 0.1) is 17.3 Å². The van der Waals surface area contributed by atoms with Crippen LogP contribution in [0.2, 0.25) is 0 Å². The maximum atomic E-state index is 11.1. The number of nitrogens with two attached hydrogens (primary N) is 1. The first-order valence-corrected chi connectivity index (χ1v) is 5.45. The zero-order chi connectivity index (χ0) is 10.8. The fraction of sp³-hybridized carbons (Fsp3) is 0.909. The van der Waals surface area contributed by atoms with Gasteiger partial charge in [-0.05, 0) is 37.5 Å². The largest absolute Gasteiger partial charge is 0.481 e. The molecule has 14 heavy (non-hydrogen) atoms. The fourth-order valence-corrected chi connectivity index (χ4v) is 2.36. The lowest BCUT2D eigenvalue weighted by Gasteiger charge is -2.37. The van der Waals surface area contributed by atoms with Crippen LogP contribution in [0.15, 0.2) is 0 Å². The van der Waals surface area contributed by atoms with E-state index >= 15 is 0 Å². The highest BCUT2D eigenvalue weighted by molar-refractivity contribution is 5.75. The average molecular weight is 199 g/mol. The normalized spacial score (nSPS) is 33.3. The first-order valence-electron chi connectivity index (χ1n) is 5.45. The average Bonchev–Trinajstić information content (AvgIpc) is 2.17. The van der Waals surface area contributed by atoms with Crippen LogP contribution in [-0.4, -0.2) is 17.6 Å². The summed E-state index contributed by atoms with van der Waals surface area (Å²) >= 11 is 0. The fourth-order valence-electron chi connectivity index (χ4n) is 2.36. The summed E-state index contributed by atoms with van der Waals surface area (Å²) in [7, 11) is 0. The van der Waals surface area contributed by atoms with E-state index in [1.807, 2.05) is 0 Å². The molecule has 3 heteroatoms. The summed E-state index contributed by atoms with van der Waals surface area (Å²) in [6.07, 6.45) is 3.53. The van der Waals surface area contributed by atoms with Crippen molar-refractivity contribution in [3.8, 4) is 0 Å². The van der Waals surface area contributed by atoms with Crippen molar-refractivity contribution in [1.82, 2.24) is 0 Å². The zero-order valence-electron chi connectivity index (χ0n) is 9.12. The van der Waals surface area contributed by atoms with E-state index in [-0.39, 0.29) is 6.54 Å². The van der Waals surface area contributed by atoms with Gasteiger partial charge >= 0.3 is 5.97 Å². The van der Waals surface area contributed by atoms with Crippen LogP contribution in [-0.2, 0) is 4.79 Å². The SMILES string of the molecule is CC(C)C1CCC(CN)(C(=O)O)CC1. The van der Waals surface area contributed by atoms with Gasteiger partial charge in [0.1, 0.15) is 0 Å². The predicted molar refractivity (Wildman–Crippen MR) is 55.9 cm³/mol. The molecule has 3 nitrogen and oxygen atoms in total. The number of hydrogen-bond donors (Lipinski definition) is 2. The third kappa shape index (κ3) is 2.08. The number of rotatable bonds is 3. The Morgan fingerprint density at radius 3 is 2.29 bits per heavy atom. The highest BCUT2D eigenvalue weighted by Gasteiger charge is 2.41. The van der Waals surface area contributed by atoms with Gasteiger partial charge in [-0.25, -0.2) is 0 Å². The second-order valence-corrected chi connectivity index (χ2v) is 4.87. The molecule has 0 heterocycles. The molecule has 0 spiro atoms. The molecule has 0 aliphatic heterocycles. The zero-order valence-corrected chi connectivity index (χ0v) is 9.12. The Labute approximate surface area is 85.7 Å². The number of carboxylic acids is 1. The maximum Gasteiger partial charge on any atom is 0.310 e. The molecule has 1 aliphatic carbocycles. The van der Waals surface area contributed by atoms with Gasteiger partial charge in [-0.2, -0.15) is 0 Å². The minimum Gasteiger partial charge on any atom is -0.481 e.